The Kier molecular flexibility index (Phi) is 9.03. The number of H-pyrrole nitrogens is 1. The number of Topliss-reactive ketones (excluding diaryl/α,β-unsaturated/α-hetero) is 1. The second kappa shape index (κ2) is 13.1. The number of guanidine groups is 1. The van der Waals surface area contributed by atoms with Gasteiger partial charge in [0.05, 0.1) is 6.04 Å². The van der Waals surface area contributed by atoms with Crippen molar-refractivity contribution in [2.24, 2.45) is 27.9 Å². The van der Waals surface area contributed by atoms with Crippen molar-refractivity contribution in [1.82, 2.24) is 15.3 Å². The standard InChI is InChI=1S/C34H38N8O2/c1-21(25-13-6-9-22-8-2-3-10-26(22)25)42-32(44)34(38,14-7-15-41-33(36)37)31(43)30-24(20-35)18-23(19-29-39-16-17-40-29)27-11-4-5-12-28(27)30/h2-6,8-13,16-18,21H,7,14-15,19-20,35,38H2,1H3,(H,39,40)(H,42,44)(H4,36,37,41)/t21-,34+/m0/s1. The van der Waals surface area contributed by atoms with Crippen LogP contribution in [0.5, 0.6) is 0 Å². The molecule has 0 radical (unpaired) electrons. The first-order chi connectivity index (χ1) is 21.2. The van der Waals surface area contributed by atoms with Gasteiger partial charge >= 0.3 is 0 Å². The third-order valence-electron chi connectivity index (χ3n) is 8.04. The number of amides is 1. The normalized spacial score (nSPS) is 13.3. The number of carbonyl (C=O) groups is 2. The van der Waals surface area contributed by atoms with E-state index in [-0.39, 0.29) is 25.5 Å². The fourth-order valence-corrected chi connectivity index (χ4v) is 5.82. The maximum atomic E-state index is 14.6. The quantitative estimate of drug-likeness (QED) is 0.0420. The highest BCUT2D eigenvalue weighted by Gasteiger charge is 2.44. The third-order valence-corrected chi connectivity index (χ3v) is 8.04. The first-order valence-electron chi connectivity index (χ1n) is 14.6. The molecule has 0 aliphatic heterocycles. The molecule has 0 aliphatic carbocycles. The van der Waals surface area contributed by atoms with E-state index < -0.39 is 23.3 Å². The number of rotatable bonds is 12. The van der Waals surface area contributed by atoms with Crippen LogP contribution in [0.15, 0.2) is 90.2 Å². The summed E-state index contributed by atoms with van der Waals surface area (Å²) in [5.41, 5.74) is 25.1. The molecule has 10 nitrogen and oxygen atoms in total. The molecule has 0 bridgehead atoms. The molecule has 1 amide bonds. The molecule has 0 spiro atoms. The van der Waals surface area contributed by atoms with Gasteiger partial charge in [-0.2, -0.15) is 0 Å². The lowest BCUT2D eigenvalue weighted by Gasteiger charge is -2.30. The van der Waals surface area contributed by atoms with Gasteiger partial charge in [0, 0.05) is 37.5 Å². The Hall–Kier alpha value is -5.06. The molecule has 1 heterocycles. The summed E-state index contributed by atoms with van der Waals surface area (Å²) in [6.45, 7) is 2.18. The van der Waals surface area contributed by atoms with Crippen molar-refractivity contribution in [3.63, 3.8) is 0 Å². The predicted octanol–water partition coefficient (Wildman–Crippen LogP) is 3.58. The minimum Gasteiger partial charge on any atom is -0.370 e. The Balaban J connectivity index is 1.55. The lowest BCUT2D eigenvalue weighted by atomic mass is 9.80. The van der Waals surface area contributed by atoms with Gasteiger partial charge in [-0.15, -0.1) is 0 Å². The van der Waals surface area contributed by atoms with E-state index in [9.17, 15) is 9.59 Å². The fourth-order valence-electron chi connectivity index (χ4n) is 5.82. The van der Waals surface area contributed by atoms with Crippen LogP contribution in [0.2, 0.25) is 0 Å². The fraction of sp³-hybridized carbons (Fsp3) is 0.235. The summed E-state index contributed by atoms with van der Waals surface area (Å²) in [7, 11) is 0. The number of benzene rings is 4. The largest absolute Gasteiger partial charge is 0.370 e. The van der Waals surface area contributed by atoms with Crippen molar-refractivity contribution in [3.8, 4) is 0 Å². The summed E-state index contributed by atoms with van der Waals surface area (Å²) in [6, 6.07) is 22.9. The minimum atomic E-state index is -1.92. The Labute approximate surface area is 255 Å². The van der Waals surface area contributed by atoms with Crippen LogP contribution in [0.25, 0.3) is 21.5 Å². The molecule has 0 unspecified atom stereocenters. The summed E-state index contributed by atoms with van der Waals surface area (Å²) in [4.78, 5) is 40.3. The Morgan fingerprint density at radius 1 is 0.977 bits per heavy atom. The van der Waals surface area contributed by atoms with Crippen LogP contribution >= 0.6 is 0 Å². The first-order valence-corrected chi connectivity index (χ1v) is 14.6. The molecule has 2 atom stereocenters. The molecule has 5 rings (SSSR count). The van der Waals surface area contributed by atoms with Crippen molar-refractivity contribution in [3.05, 3.63) is 113 Å². The molecule has 0 saturated heterocycles. The smallest absolute Gasteiger partial charge is 0.248 e. The van der Waals surface area contributed by atoms with E-state index in [2.05, 4.69) is 20.3 Å². The van der Waals surface area contributed by atoms with Gasteiger partial charge in [0.25, 0.3) is 0 Å². The lowest BCUT2D eigenvalue weighted by molar-refractivity contribution is -0.125. The summed E-state index contributed by atoms with van der Waals surface area (Å²) in [5.74, 6) is -0.381. The highest BCUT2D eigenvalue weighted by Crippen LogP contribution is 2.32. The van der Waals surface area contributed by atoms with E-state index in [1.165, 1.54) is 0 Å². The molecule has 0 saturated carbocycles. The van der Waals surface area contributed by atoms with Gasteiger partial charge in [-0.25, -0.2) is 4.98 Å². The first kappa shape index (κ1) is 30.4. The van der Waals surface area contributed by atoms with Crippen LogP contribution in [-0.4, -0.2) is 39.7 Å². The van der Waals surface area contributed by atoms with Gasteiger partial charge in [-0.3, -0.25) is 14.6 Å². The van der Waals surface area contributed by atoms with Crippen LogP contribution in [0.3, 0.4) is 0 Å². The number of aromatic nitrogens is 2. The van der Waals surface area contributed by atoms with E-state index in [1.54, 1.807) is 12.4 Å². The molecule has 0 fully saturated rings. The summed E-state index contributed by atoms with van der Waals surface area (Å²) < 4.78 is 0. The number of fused-ring (bicyclic) bond motifs is 2. The van der Waals surface area contributed by atoms with Crippen molar-refractivity contribution >= 4 is 39.2 Å². The molecular formula is C34H38N8O2. The Morgan fingerprint density at radius 2 is 1.68 bits per heavy atom. The maximum Gasteiger partial charge on any atom is 0.248 e. The Morgan fingerprint density at radius 3 is 2.39 bits per heavy atom. The highest BCUT2D eigenvalue weighted by atomic mass is 16.2. The highest BCUT2D eigenvalue weighted by molar-refractivity contribution is 6.23. The number of nitrogens with two attached hydrogens (primary N) is 4. The molecule has 10 N–H and O–H groups in total. The molecule has 226 valence electrons. The average molecular weight is 591 g/mol. The zero-order valence-corrected chi connectivity index (χ0v) is 24.7. The van der Waals surface area contributed by atoms with E-state index in [1.807, 2.05) is 79.7 Å². The van der Waals surface area contributed by atoms with E-state index in [4.69, 9.17) is 22.9 Å². The van der Waals surface area contributed by atoms with Gasteiger partial charge in [-0.05, 0) is 58.0 Å². The number of carbonyl (C=O) groups excluding carboxylic acids is 2. The van der Waals surface area contributed by atoms with Crippen molar-refractivity contribution < 1.29 is 9.59 Å². The van der Waals surface area contributed by atoms with Crippen LogP contribution in [0.1, 0.15) is 58.7 Å². The van der Waals surface area contributed by atoms with Crippen LogP contribution in [0, 0.1) is 0 Å². The molecule has 1 aromatic heterocycles. The number of ketones is 1. The van der Waals surface area contributed by atoms with Crippen molar-refractivity contribution in [1.29, 1.82) is 0 Å². The molecule has 5 aromatic rings. The lowest BCUT2D eigenvalue weighted by Crippen LogP contribution is -2.60. The zero-order valence-electron chi connectivity index (χ0n) is 24.7. The number of hydrogen-bond acceptors (Lipinski definition) is 6. The SMILES string of the molecule is C[C@H](NC(=O)[C@@](N)(CCCN=C(N)N)C(=O)c1c(CN)cc(Cc2ncc[nH]2)c2ccccc12)c1cccc2ccccc12. The minimum absolute atomic E-state index is 0.0171. The van der Waals surface area contributed by atoms with Crippen molar-refractivity contribution in [2.45, 2.75) is 44.3 Å². The number of nitrogens with zero attached hydrogens (tertiary/aromatic N) is 2. The topological polar surface area (TPSA) is 191 Å². The summed E-state index contributed by atoms with van der Waals surface area (Å²) in [6.07, 6.45) is 4.31. The van der Waals surface area contributed by atoms with Gasteiger partial charge in [0.15, 0.2) is 17.3 Å². The number of imidazole rings is 1. The zero-order chi connectivity index (χ0) is 31.3. The van der Waals surface area contributed by atoms with Crippen molar-refractivity contribution in [2.75, 3.05) is 6.54 Å². The van der Waals surface area contributed by atoms with Gasteiger partial charge in [-0.1, -0.05) is 72.8 Å². The molecule has 44 heavy (non-hydrogen) atoms. The van der Waals surface area contributed by atoms with E-state index in [0.717, 1.165) is 33.1 Å². The van der Waals surface area contributed by atoms with Crippen LogP contribution in [0.4, 0.5) is 0 Å². The monoisotopic (exact) mass is 590 g/mol. The second-order valence-corrected chi connectivity index (χ2v) is 11.0. The number of aliphatic imine (C=N–C) groups is 1. The second-order valence-electron chi connectivity index (χ2n) is 11.0. The average Bonchev–Trinajstić information content (AvgIpc) is 3.55. The summed E-state index contributed by atoms with van der Waals surface area (Å²) in [5, 5.41) is 6.63. The predicted molar refractivity (Wildman–Crippen MR) is 175 cm³/mol. The van der Waals surface area contributed by atoms with Gasteiger partial charge in [0.1, 0.15) is 5.82 Å². The van der Waals surface area contributed by atoms with Gasteiger partial charge in [0.2, 0.25) is 5.91 Å². The van der Waals surface area contributed by atoms with Crippen LogP contribution < -0.4 is 28.3 Å². The van der Waals surface area contributed by atoms with Crippen LogP contribution in [-0.2, 0) is 17.8 Å². The van der Waals surface area contributed by atoms with E-state index in [0.29, 0.717) is 29.4 Å². The molecule has 10 heteroatoms. The maximum absolute atomic E-state index is 14.6. The number of aromatic amines is 1. The summed E-state index contributed by atoms with van der Waals surface area (Å²) >= 11 is 0. The number of hydrogen-bond donors (Lipinski definition) is 6. The molecule has 0 aliphatic rings. The third kappa shape index (κ3) is 6.17. The number of nitrogens with one attached hydrogen (secondary N) is 2. The Bertz CT molecular complexity index is 1820. The molecule has 4 aromatic carbocycles. The molecular weight excluding hydrogens is 552 g/mol. The van der Waals surface area contributed by atoms with Gasteiger partial charge < -0.3 is 33.2 Å². The van der Waals surface area contributed by atoms with E-state index >= 15 is 0 Å².